The summed E-state index contributed by atoms with van der Waals surface area (Å²) in [5.41, 5.74) is 10.3. The lowest BCUT2D eigenvalue weighted by molar-refractivity contribution is -0.139. The number of rotatable bonds is 6. The molecule has 0 aliphatic rings. The Bertz CT molecular complexity index is 649. The summed E-state index contributed by atoms with van der Waals surface area (Å²) in [4.78, 5) is 24.0. The van der Waals surface area contributed by atoms with Crippen LogP contribution in [-0.4, -0.2) is 11.8 Å². The van der Waals surface area contributed by atoms with Crippen LogP contribution >= 0.6 is 0 Å². The number of halogens is 2. The Balaban J connectivity index is 2.38. The highest BCUT2D eigenvalue weighted by molar-refractivity contribution is 6.04. The maximum Gasteiger partial charge on any atom is 0.233 e. The number of nitrogens with two attached hydrogens (primary N) is 2. The Morgan fingerprint density at radius 1 is 0.739 bits per heavy atom. The molecule has 2 aromatic rings. The van der Waals surface area contributed by atoms with Crippen molar-refractivity contribution in [3.63, 3.8) is 0 Å². The fraction of sp³-hybridized carbons (Fsp3) is 0.176. The van der Waals surface area contributed by atoms with Gasteiger partial charge in [-0.15, -0.1) is 0 Å². The molecule has 0 bridgehead atoms. The highest BCUT2D eigenvalue weighted by atomic mass is 19.1. The topological polar surface area (TPSA) is 86.2 Å². The number of carbonyl (C=O) groups is 2. The normalized spacial score (nSPS) is 11.2. The Hall–Kier alpha value is -2.76. The molecule has 0 heterocycles. The molecule has 0 aliphatic carbocycles. The summed E-state index contributed by atoms with van der Waals surface area (Å²) >= 11 is 0. The van der Waals surface area contributed by atoms with Crippen LogP contribution in [0.15, 0.2) is 48.5 Å². The lowest BCUT2D eigenvalue weighted by atomic mass is 9.75. The van der Waals surface area contributed by atoms with Crippen LogP contribution in [0.4, 0.5) is 8.78 Å². The van der Waals surface area contributed by atoms with Gasteiger partial charge in [0.05, 0.1) is 0 Å². The first-order valence-electron chi connectivity index (χ1n) is 6.92. The standard InChI is InChI=1S/C17H16F2N2O2/c18-13-5-1-11(2-6-13)9-17(15(20)22,16(21)23)10-12-3-7-14(19)8-4-12/h1-8H,9-10H2,(H2,20,22)(H2,21,23). The molecule has 0 aliphatic heterocycles. The zero-order valence-corrected chi connectivity index (χ0v) is 12.3. The first kappa shape index (κ1) is 16.6. The van der Waals surface area contributed by atoms with Crippen molar-refractivity contribution >= 4 is 11.8 Å². The van der Waals surface area contributed by atoms with Gasteiger partial charge in [0.1, 0.15) is 17.0 Å². The first-order valence-corrected chi connectivity index (χ1v) is 6.92. The Morgan fingerprint density at radius 2 is 1.04 bits per heavy atom. The van der Waals surface area contributed by atoms with Crippen LogP contribution in [-0.2, 0) is 22.4 Å². The molecular formula is C17H16F2N2O2. The van der Waals surface area contributed by atoms with E-state index in [1.165, 1.54) is 48.5 Å². The van der Waals surface area contributed by atoms with E-state index in [-0.39, 0.29) is 12.8 Å². The van der Waals surface area contributed by atoms with E-state index >= 15 is 0 Å². The summed E-state index contributed by atoms with van der Waals surface area (Å²) in [6.07, 6.45) is -0.120. The number of benzene rings is 2. The van der Waals surface area contributed by atoms with Crippen LogP contribution in [0.2, 0.25) is 0 Å². The minimum Gasteiger partial charge on any atom is -0.369 e. The predicted molar refractivity (Wildman–Crippen MR) is 81.0 cm³/mol. The number of carbonyl (C=O) groups excluding carboxylic acids is 2. The Kier molecular flexibility index (Phi) is 4.74. The molecule has 2 aromatic carbocycles. The Morgan fingerprint density at radius 3 is 1.30 bits per heavy atom. The van der Waals surface area contributed by atoms with Crippen LogP contribution in [0.1, 0.15) is 11.1 Å². The third-order valence-corrected chi connectivity index (χ3v) is 3.78. The van der Waals surface area contributed by atoms with Crippen LogP contribution < -0.4 is 11.5 Å². The van der Waals surface area contributed by atoms with Crippen molar-refractivity contribution in [2.24, 2.45) is 16.9 Å². The van der Waals surface area contributed by atoms with Gasteiger partial charge in [-0.1, -0.05) is 24.3 Å². The predicted octanol–water partition coefficient (Wildman–Crippen LogP) is 1.71. The van der Waals surface area contributed by atoms with Crippen LogP contribution in [0.3, 0.4) is 0 Å². The largest absolute Gasteiger partial charge is 0.369 e. The molecule has 0 saturated heterocycles. The molecule has 4 N–H and O–H groups in total. The van der Waals surface area contributed by atoms with Crippen molar-refractivity contribution in [2.45, 2.75) is 12.8 Å². The molecule has 0 unspecified atom stereocenters. The zero-order chi connectivity index (χ0) is 17.0. The van der Waals surface area contributed by atoms with E-state index in [4.69, 9.17) is 11.5 Å². The summed E-state index contributed by atoms with van der Waals surface area (Å²) < 4.78 is 26.0. The molecule has 0 aromatic heterocycles. The van der Waals surface area contributed by atoms with Crippen LogP contribution in [0.25, 0.3) is 0 Å². The molecule has 6 heteroatoms. The van der Waals surface area contributed by atoms with E-state index < -0.39 is 28.9 Å². The number of hydrogen-bond donors (Lipinski definition) is 2. The third-order valence-electron chi connectivity index (χ3n) is 3.78. The second-order valence-corrected chi connectivity index (χ2v) is 5.42. The summed E-state index contributed by atoms with van der Waals surface area (Å²) in [5.74, 6) is -2.62. The van der Waals surface area contributed by atoms with Crippen LogP contribution in [0, 0.1) is 17.0 Å². The van der Waals surface area contributed by atoms with Crippen molar-refractivity contribution in [1.29, 1.82) is 0 Å². The lowest BCUT2D eigenvalue weighted by Crippen LogP contribution is -2.50. The quantitative estimate of drug-likeness (QED) is 0.794. The molecule has 120 valence electrons. The minimum absolute atomic E-state index is 0.0602. The molecule has 0 radical (unpaired) electrons. The van der Waals surface area contributed by atoms with Crippen molar-refractivity contribution in [3.8, 4) is 0 Å². The van der Waals surface area contributed by atoms with E-state index in [0.717, 1.165) is 0 Å². The fourth-order valence-corrected chi connectivity index (χ4v) is 2.43. The van der Waals surface area contributed by atoms with Gasteiger partial charge < -0.3 is 11.5 Å². The minimum atomic E-state index is -1.67. The van der Waals surface area contributed by atoms with E-state index in [9.17, 15) is 18.4 Å². The number of primary amides is 2. The van der Waals surface area contributed by atoms with E-state index in [1.54, 1.807) is 0 Å². The van der Waals surface area contributed by atoms with E-state index in [1.807, 2.05) is 0 Å². The number of hydrogen-bond acceptors (Lipinski definition) is 2. The third kappa shape index (κ3) is 3.71. The molecule has 4 nitrogen and oxygen atoms in total. The second kappa shape index (κ2) is 6.56. The Labute approximate surface area is 132 Å². The highest BCUT2D eigenvalue weighted by Crippen LogP contribution is 2.28. The van der Waals surface area contributed by atoms with Gasteiger partial charge in [-0.25, -0.2) is 8.78 Å². The molecular weight excluding hydrogens is 302 g/mol. The monoisotopic (exact) mass is 318 g/mol. The summed E-state index contributed by atoms with van der Waals surface area (Å²) in [6.45, 7) is 0. The van der Waals surface area contributed by atoms with E-state index in [0.29, 0.717) is 11.1 Å². The van der Waals surface area contributed by atoms with Gasteiger partial charge in [0, 0.05) is 0 Å². The fourth-order valence-electron chi connectivity index (χ4n) is 2.43. The van der Waals surface area contributed by atoms with Crippen molar-refractivity contribution in [2.75, 3.05) is 0 Å². The van der Waals surface area contributed by atoms with Gasteiger partial charge in [-0.2, -0.15) is 0 Å². The van der Waals surface area contributed by atoms with Gasteiger partial charge in [0.15, 0.2) is 0 Å². The van der Waals surface area contributed by atoms with E-state index in [2.05, 4.69) is 0 Å². The molecule has 0 atom stereocenters. The first-order chi connectivity index (χ1) is 10.8. The summed E-state index contributed by atoms with van der Waals surface area (Å²) in [6, 6.07) is 10.7. The average molecular weight is 318 g/mol. The van der Waals surface area contributed by atoms with Gasteiger partial charge in [0.25, 0.3) is 0 Å². The van der Waals surface area contributed by atoms with Gasteiger partial charge >= 0.3 is 0 Å². The maximum atomic E-state index is 13.0. The molecule has 0 spiro atoms. The molecule has 2 rings (SSSR count). The smallest absolute Gasteiger partial charge is 0.233 e. The molecule has 2 amide bonds. The summed E-state index contributed by atoms with van der Waals surface area (Å²) in [5, 5.41) is 0. The van der Waals surface area contributed by atoms with Crippen molar-refractivity contribution < 1.29 is 18.4 Å². The zero-order valence-electron chi connectivity index (χ0n) is 12.3. The average Bonchev–Trinajstić information content (AvgIpc) is 2.50. The van der Waals surface area contributed by atoms with Crippen molar-refractivity contribution in [3.05, 3.63) is 71.3 Å². The number of amides is 2. The lowest BCUT2D eigenvalue weighted by Gasteiger charge is -2.27. The SMILES string of the molecule is NC(=O)C(Cc1ccc(F)cc1)(Cc1ccc(F)cc1)C(N)=O. The van der Waals surface area contributed by atoms with Gasteiger partial charge in [0.2, 0.25) is 11.8 Å². The summed E-state index contributed by atoms with van der Waals surface area (Å²) in [7, 11) is 0. The second-order valence-electron chi connectivity index (χ2n) is 5.42. The van der Waals surface area contributed by atoms with Gasteiger partial charge in [-0.3, -0.25) is 9.59 Å². The molecule has 23 heavy (non-hydrogen) atoms. The molecule has 0 saturated carbocycles. The molecule has 0 fully saturated rings. The van der Waals surface area contributed by atoms with Crippen LogP contribution in [0.5, 0.6) is 0 Å². The highest BCUT2D eigenvalue weighted by Gasteiger charge is 2.43. The van der Waals surface area contributed by atoms with Crippen molar-refractivity contribution in [1.82, 2.24) is 0 Å². The van der Waals surface area contributed by atoms with Gasteiger partial charge in [-0.05, 0) is 48.2 Å². The maximum absolute atomic E-state index is 13.0.